The van der Waals surface area contributed by atoms with Crippen molar-refractivity contribution in [3.8, 4) is 0 Å². The van der Waals surface area contributed by atoms with Crippen molar-refractivity contribution in [2.24, 2.45) is 0 Å². The van der Waals surface area contributed by atoms with Crippen LogP contribution in [0.4, 0.5) is 8.78 Å². The maximum absolute atomic E-state index is 12.2. The second-order valence-electron chi connectivity index (χ2n) is 2.60. The molecule has 0 atom stereocenters. The van der Waals surface area contributed by atoms with Crippen molar-refractivity contribution in [2.45, 2.75) is 13.3 Å². The molecule has 14 heavy (non-hydrogen) atoms. The number of hydrogen-bond donors (Lipinski definition) is 1. The van der Waals surface area contributed by atoms with Crippen LogP contribution in [0.5, 0.6) is 0 Å². The number of pyridine rings is 1. The van der Waals surface area contributed by atoms with Gasteiger partial charge in [0.25, 0.3) is 6.43 Å². The van der Waals surface area contributed by atoms with Crippen molar-refractivity contribution in [2.75, 3.05) is 0 Å². The van der Waals surface area contributed by atoms with Gasteiger partial charge in [0.1, 0.15) is 5.69 Å². The minimum absolute atomic E-state index is 0.0136. The summed E-state index contributed by atoms with van der Waals surface area (Å²) in [6.07, 6.45) is -2.76. The molecule has 1 heterocycles. The van der Waals surface area contributed by atoms with Gasteiger partial charge in [-0.15, -0.1) is 0 Å². The van der Waals surface area contributed by atoms with E-state index in [0.29, 0.717) is 0 Å². The highest BCUT2D eigenvalue weighted by Crippen LogP contribution is 2.25. The Morgan fingerprint density at radius 3 is 2.57 bits per heavy atom. The van der Waals surface area contributed by atoms with Gasteiger partial charge < -0.3 is 5.11 Å². The average Bonchev–Trinajstić information content (AvgIpc) is 2.01. The normalized spacial score (nSPS) is 10.6. The largest absolute Gasteiger partial charge is 0.478 e. The number of rotatable bonds is 2. The van der Waals surface area contributed by atoms with Gasteiger partial charge in [-0.05, 0) is 13.0 Å². The Morgan fingerprint density at radius 2 is 2.21 bits per heavy atom. The number of carbonyl (C=O) groups is 1. The second-order valence-corrected chi connectivity index (χ2v) is 3.00. The van der Waals surface area contributed by atoms with Crippen LogP contribution in [-0.2, 0) is 0 Å². The van der Waals surface area contributed by atoms with Crippen LogP contribution in [0, 0.1) is 6.92 Å². The minimum atomic E-state index is -2.76. The molecule has 3 nitrogen and oxygen atoms in total. The Balaban J connectivity index is 3.32. The SMILES string of the molecule is Cc1nc(C(F)F)cc(Cl)c1C(=O)O. The number of halogens is 3. The van der Waals surface area contributed by atoms with E-state index in [1.165, 1.54) is 6.92 Å². The van der Waals surface area contributed by atoms with Gasteiger partial charge in [0, 0.05) is 0 Å². The number of alkyl halides is 2. The number of aryl methyl sites for hydroxylation is 1. The molecule has 0 radical (unpaired) electrons. The summed E-state index contributed by atoms with van der Waals surface area (Å²) < 4.78 is 24.4. The third-order valence-electron chi connectivity index (χ3n) is 1.61. The summed E-state index contributed by atoms with van der Waals surface area (Å²) in [4.78, 5) is 14.1. The first-order valence-corrected chi connectivity index (χ1v) is 3.99. The van der Waals surface area contributed by atoms with Gasteiger partial charge in [-0.25, -0.2) is 13.6 Å². The fraction of sp³-hybridized carbons (Fsp3) is 0.250. The molecule has 0 amide bonds. The van der Waals surface area contributed by atoms with Crippen molar-refractivity contribution >= 4 is 17.6 Å². The molecule has 1 rings (SSSR count). The molecule has 0 saturated carbocycles. The predicted molar refractivity (Wildman–Crippen MR) is 45.9 cm³/mol. The molecule has 0 aliphatic rings. The summed E-state index contributed by atoms with van der Waals surface area (Å²) in [6, 6.07) is 0.864. The van der Waals surface area contributed by atoms with Crippen LogP contribution in [0.3, 0.4) is 0 Å². The van der Waals surface area contributed by atoms with Gasteiger partial charge in [0.05, 0.1) is 16.3 Å². The molecule has 0 saturated heterocycles. The number of carboxylic acids is 1. The molecule has 0 aliphatic carbocycles. The molecule has 0 spiro atoms. The van der Waals surface area contributed by atoms with Crippen LogP contribution in [-0.4, -0.2) is 16.1 Å². The summed E-state index contributed by atoms with van der Waals surface area (Å²) in [7, 11) is 0. The zero-order chi connectivity index (χ0) is 10.9. The van der Waals surface area contributed by atoms with Crippen molar-refractivity contribution < 1.29 is 18.7 Å². The maximum atomic E-state index is 12.2. The number of aromatic nitrogens is 1. The van der Waals surface area contributed by atoms with Crippen LogP contribution < -0.4 is 0 Å². The van der Waals surface area contributed by atoms with E-state index in [2.05, 4.69) is 4.98 Å². The van der Waals surface area contributed by atoms with Gasteiger partial charge in [0.15, 0.2) is 0 Å². The lowest BCUT2D eigenvalue weighted by Crippen LogP contribution is -2.05. The first kappa shape index (κ1) is 10.8. The van der Waals surface area contributed by atoms with Crippen LogP contribution >= 0.6 is 11.6 Å². The zero-order valence-corrected chi connectivity index (χ0v) is 7.85. The molecule has 0 aromatic carbocycles. The highest BCUT2D eigenvalue weighted by molar-refractivity contribution is 6.33. The molecule has 0 aliphatic heterocycles. The van der Waals surface area contributed by atoms with Gasteiger partial charge in [-0.3, -0.25) is 4.98 Å². The molecule has 0 fully saturated rings. The van der Waals surface area contributed by atoms with E-state index in [1.807, 2.05) is 0 Å². The monoisotopic (exact) mass is 221 g/mol. The Morgan fingerprint density at radius 1 is 1.64 bits per heavy atom. The topological polar surface area (TPSA) is 50.2 Å². The van der Waals surface area contributed by atoms with Crippen molar-refractivity contribution in [1.29, 1.82) is 0 Å². The number of nitrogens with zero attached hydrogens (tertiary/aromatic N) is 1. The summed E-state index contributed by atoms with van der Waals surface area (Å²) in [5.41, 5.74) is -0.770. The number of carboxylic acid groups (broad SMARTS) is 1. The lowest BCUT2D eigenvalue weighted by atomic mass is 10.2. The molecular weight excluding hydrogens is 216 g/mol. The predicted octanol–water partition coefficient (Wildman–Crippen LogP) is 2.68. The molecular formula is C8H6ClF2NO2. The number of aromatic carboxylic acids is 1. The molecule has 6 heteroatoms. The smallest absolute Gasteiger partial charge is 0.339 e. The van der Waals surface area contributed by atoms with Gasteiger partial charge in [0.2, 0.25) is 0 Å². The van der Waals surface area contributed by atoms with Crippen LogP contribution in [0.2, 0.25) is 5.02 Å². The highest BCUT2D eigenvalue weighted by atomic mass is 35.5. The Bertz CT molecular complexity index is 359. The van der Waals surface area contributed by atoms with Crippen LogP contribution in [0.15, 0.2) is 6.07 Å². The van der Waals surface area contributed by atoms with Crippen molar-refractivity contribution in [3.63, 3.8) is 0 Å². The summed E-state index contributed by atoms with van der Waals surface area (Å²) in [6.45, 7) is 1.32. The molecule has 1 aromatic rings. The van der Waals surface area contributed by atoms with E-state index < -0.39 is 18.1 Å². The first-order chi connectivity index (χ1) is 6.43. The molecule has 1 N–H and O–H groups in total. The quantitative estimate of drug-likeness (QED) is 0.835. The molecule has 76 valence electrons. The van der Waals surface area contributed by atoms with Crippen LogP contribution in [0.25, 0.3) is 0 Å². The van der Waals surface area contributed by atoms with E-state index in [4.69, 9.17) is 16.7 Å². The van der Waals surface area contributed by atoms with Crippen LogP contribution in [0.1, 0.15) is 28.2 Å². The average molecular weight is 222 g/mol. The minimum Gasteiger partial charge on any atom is -0.478 e. The highest BCUT2D eigenvalue weighted by Gasteiger charge is 2.18. The van der Waals surface area contributed by atoms with Crippen molar-refractivity contribution in [1.82, 2.24) is 4.98 Å². The Kier molecular flexibility index (Phi) is 3.00. The summed E-state index contributed by atoms with van der Waals surface area (Å²) in [5, 5.41) is 8.44. The summed E-state index contributed by atoms with van der Waals surface area (Å²) in [5.74, 6) is -1.28. The number of hydrogen-bond acceptors (Lipinski definition) is 2. The maximum Gasteiger partial charge on any atom is 0.339 e. The van der Waals surface area contributed by atoms with E-state index in [-0.39, 0.29) is 16.3 Å². The third kappa shape index (κ3) is 1.98. The fourth-order valence-corrected chi connectivity index (χ4v) is 1.35. The van der Waals surface area contributed by atoms with E-state index >= 15 is 0 Å². The second kappa shape index (κ2) is 3.88. The molecule has 0 unspecified atom stereocenters. The van der Waals surface area contributed by atoms with Gasteiger partial charge in [-0.2, -0.15) is 0 Å². The molecule has 0 bridgehead atoms. The standard InChI is InChI=1S/C8H6ClF2NO2/c1-3-6(8(13)14)4(9)2-5(12-3)7(10)11/h2,7H,1H3,(H,13,14). The summed E-state index contributed by atoms with van der Waals surface area (Å²) >= 11 is 5.52. The Labute approximate surface area is 83.3 Å². The van der Waals surface area contributed by atoms with E-state index in [9.17, 15) is 13.6 Å². The van der Waals surface area contributed by atoms with E-state index in [0.717, 1.165) is 6.07 Å². The lowest BCUT2D eigenvalue weighted by Gasteiger charge is -2.05. The van der Waals surface area contributed by atoms with E-state index in [1.54, 1.807) is 0 Å². The van der Waals surface area contributed by atoms with Gasteiger partial charge in [-0.1, -0.05) is 11.6 Å². The Hall–Kier alpha value is -1.23. The third-order valence-corrected chi connectivity index (χ3v) is 1.91. The van der Waals surface area contributed by atoms with Gasteiger partial charge >= 0.3 is 5.97 Å². The van der Waals surface area contributed by atoms with Crippen molar-refractivity contribution in [3.05, 3.63) is 28.0 Å². The lowest BCUT2D eigenvalue weighted by molar-refractivity contribution is 0.0695. The first-order valence-electron chi connectivity index (χ1n) is 3.62. The zero-order valence-electron chi connectivity index (χ0n) is 7.09. The fourth-order valence-electron chi connectivity index (χ4n) is 1.03. The molecule has 1 aromatic heterocycles.